The van der Waals surface area contributed by atoms with Crippen molar-refractivity contribution in [3.63, 3.8) is 0 Å². The zero-order chi connectivity index (χ0) is 13.8. The van der Waals surface area contributed by atoms with Gasteiger partial charge in [0.05, 0.1) is 20.3 Å². The minimum absolute atomic E-state index is 0.0400. The van der Waals surface area contributed by atoms with Crippen LogP contribution in [0.5, 0.6) is 12.0 Å². The normalized spacial score (nSPS) is 10.5. The Bertz CT molecular complexity index is 596. The number of hydrogen-bond acceptors (Lipinski definition) is 7. The molecule has 0 bridgehead atoms. The van der Waals surface area contributed by atoms with E-state index in [1.807, 2.05) is 6.92 Å². The molecule has 0 atom stereocenters. The van der Waals surface area contributed by atoms with Crippen molar-refractivity contribution in [3.8, 4) is 12.0 Å². The molecule has 0 fully saturated rings. The van der Waals surface area contributed by atoms with Crippen molar-refractivity contribution in [3.05, 3.63) is 5.69 Å². The number of nitrogens with zero attached hydrogens (tertiary/aromatic N) is 3. The number of carbonyl (C=O) groups excluding carboxylic acids is 1. The summed E-state index contributed by atoms with van der Waals surface area (Å²) in [6, 6.07) is 0.354. The Morgan fingerprint density at radius 3 is 2.53 bits per heavy atom. The van der Waals surface area contributed by atoms with E-state index in [9.17, 15) is 4.79 Å². The van der Waals surface area contributed by atoms with Crippen LogP contribution in [0.25, 0.3) is 11.2 Å². The highest BCUT2D eigenvalue weighted by atomic mass is 16.5. The Hall–Kier alpha value is -2.38. The Labute approximate surface area is 109 Å². The molecule has 2 aromatic heterocycles. The van der Waals surface area contributed by atoms with E-state index in [0.717, 1.165) is 0 Å². The zero-order valence-electron chi connectivity index (χ0n) is 10.9. The number of aromatic amines is 1. The maximum absolute atomic E-state index is 11.7. The highest BCUT2D eigenvalue weighted by molar-refractivity contribution is 5.99. The van der Waals surface area contributed by atoms with Crippen LogP contribution in [0.3, 0.4) is 0 Å². The summed E-state index contributed by atoms with van der Waals surface area (Å²) in [5.74, 6) is -0.608. The molecule has 8 nitrogen and oxygen atoms in total. The second kappa shape index (κ2) is 5.51. The predicted molar refractivity (Wildman–Crippen MR) is 65.4 cm³/mol. The summed E-state index contributed by atoms with van der Waals surface area (Å²) in [5.41, 5.74) is 0.694. The number of aromatic nitrogens is 4. The molecule has 0 saturated heterocycles. The number of carbonyl (C=O) groups is 1. The van der Waals surface area contributed by atoms with Crippen LogP contribution < -0.4 is 9.47 Å². The number of esters is 1. The molecule has 0 amide bonds. The number of imidazole rings is 1. The lowest BCUT2D eigenvalue weighted by atomic mass is 10.3. The molecule has 0 aliphatic rings. The first-order chi connectivity index (χ1) is 9.19. The van der Waals surface area contributed by atoms with Gasteiger partial charge in [0, 0.05) is 0 Å². The van der Waals surface area contributed by atoms with Gasteiger partial charge in [-0.25, -0.2) is 4.79 Å². The molecule has 0 unspecified atom stereocenters. The van der Waals surface area contributed by atoms with Crippen molar-refractivity contribution in [2.45, 2.75) is 13.8 Å². The van der Waals surface area contributed by atoms with E-state index in [2.05, 4.69) is 24.7 Å². The first-order valence-corrected chi connectivity index (χ1v) is 5.81. The molecule has 19 heavy (non-hydrogen) atoms. The Morgan fingerprint density at radius 1 is 1.16 bits per heavy atom. The maximum Gasteiger partial charge on any atom is 0.359 e. The first kappa shape index (κ1) is 13.1. The van der Waals surface area contributed by atoms with Gasteiger partial charge in [-0.1, -0.05) is 0 Å². The SMILES string of the molecule is CCOc1nc(C(=O)OC)c2nc(OCC)[nH]c2n1. The number of methoxy groups -OCH3 is 1. The summed E-state index contributed by atoms with van der Waals surface area (Å²) in [6.07, 6.45) is 0. The molecule has 0 aliphatic heterocycles. The summed E-state index contributed by atoms with van der Waals surface area (Å²) >= 11 is 0. The van der Waals surface area contributed by atoms with Gasteiger partial charge in [-0.05, 0) is 13.8 Å². The van der Waals surface area contributed by atoms with Crippen LogP contribution >= 0.6 is 0 Å². The maximum atomic E-state index is 11.7. The minimum atomic E-state index is -0.608. The van der Waals surface area contributed by atoms with E-state index in [0.29, 0.717) is 24.4 Å². The summed E-state index contributed by atoms with van der Waals surface area (Å²) in [5, 5.41) is 0. The summed E-state index contributed by atoms with van der Waals surface area (Å²) in [7, 11) is 1.27. The van der Waals surface area contributed by atoms with Gasteiger partial charge in [0.25, 0.3) is 6.01 Å². The van der Waals surface area contributed by atoms with Gasteiger partial charge >= 0.3 is 12.0 Å². The second-order valence-corrected chi connectivity index (χ2v) is 3.45. The molecule has 1 N–H and O–H groups in total. The lowest BCUT2D eigenvalue weighted by Crippen LogP contribution is -2.08. The molecule has 0 saturated carbocycles. The molecule has 0 aromatic carbocycles. The summed E-state index contributed by atoms with van der Waals surface area (Å²) in [4.78, 5) is 26.7. The predicted octanol–water partition coefficient (Wildman–Crippen LogP) is 0.937. The second-order valence-electron chi connectivity index (χ2n) is 3.45. The lowest BCUT2D eigenvalue weighted by molar-refractivity contribution is 0.0594. The highest BCUT2D eigenvalue weighted by Crippen LogP contribution is 2.20. The molecule has 0 radical (unpaired) electrons. The molecule has 0 aliphatic carbocycles. The largest absolute Gasteiger partial charge is 0.465 e. The van der Waals surface area contributed by atoms with Crippen LogP contribution in [0.4, 0.5) is 0 Å². The lowest BCUT2D eigenvalue weighted by Gasteiger charge is -2.03. The van der Waals surface area contributed by atoms with Crippen LogP contribution in [0.2, 0.25) is 0 Å². The van der Waals surface area contributed by atoms with Crippen LogP contribution in [-0.4, -0.2) is 46.2 Å². The third-order valence-corrected chi connectivity index (χ3v) is 2.24. The number of ether oxygens (including phenoxy) is 3. The fourth-order valence-electron chi connectivity index (χ4n) is 1.50. The Morgan fingerprint density at radius 2 is 1.89 bits per heavy atom. The molecule has 8 heteroatoms. The third-order valence-electron chi connectivity index (χ3n) is 2.24. The molecule has 2 heterocycles. The van der Waals surface area contributed by atoms with Crippen LogP contribution in [0.15, 0.2) is 0 Å². The van der Waals surface area contributed by atoms with E-state index in [4.69, 9.17) is 9.47 Å². The van der Waals surface area contributed by atoms with Gasteiger partial charge in [-0.2, -0.15) is 15.0 Å². The van der Waals surface area contributed by atoms with Crippen molar-refractivity contribution < 1.29 is 19.0 Å². The number of fused-ring (bicyclic) bond motifs is 1. The van der Waals surface area contributed by atoms with Crippen molar-refractivity contribution in [1.82, 2.24) is 19.9 Å². The standard InChI is InChI=1S/C11H14N4O4/c1-4-18-10-12-6-7(9(16)17-3)13-11(19-5-2)15-8(6)14-10/h4-5H2,1-3H3,(H,12,13,14,15). The average molecular weight is 266 g/mol. The Kier molecular flexibility index (Phi) is 3.79. The first-order valence-electron chi connectivity index (χ1n) is 5.81. The van der Waals surface area contributed by atoms with Gasteiger partial charge in [-0.3, -0.25) is 4.98 Å². The van der Waals surface area contributed by atoms with Gasteiger partial charge in [0.15, 0.2) is 11.3 Å². The number of rotatable bonds is 5. The van der Waals surface area contributed by atoms with Crippen molar-refractivity contribution in [1.29, 1.82) is 0 Å². The van der Waals surface area contributed by atoms with E-state index in [1.165, 1.54) is 7.11 Å². The number of H-pyrrole nitrogens is 1. The quantitative estimate of drug-likeness (QED) is 0.804. The van der Waals surface area contributed by atoms with Crippen LogP contribution in [0.1, 0.15) is 24.3 Å². The summed E-state index contributed by atoms with van der Waals surface area (Å²) < 4.78 is 15.1. The average Bonchev–Trinajstić information content (AvgIpc) is 2.80. The van der Waals surface area contributed by atoms with Gasteiger partial charge in [-0.15, -0.1) is 0 Å². The van der Waals surface area contributed by atoms with E-state index in [-0.39, 0.29) is 17.7 Å². The molecular formula is C11H14N4O4. The van der Waals surface area contributed by atoms with Gasteiger partial charge < -0.3 is 14.2 Å². The van der Waals surface area contributed by atoms with Gasteiger partial charge in [0.1, 0.15) is 5.52 Å². The van der Waals surface area contributed by atoms with Gasteiger partial charge in [0.2, 0.25) is 0 Å². The molecule has 0 spiro atoms. The van der Waals surface area contributed by atoms with Crippen molar-refractivity contribution >= 4 is 17.1 Å². The number of hydrogen-bond donors (Lipinski definition) is 1. The highest BCUT2D eigenvalue weighted by Gasteiger charge is 2.20. The fraction of sp³-hybridized carbons (Fsp3) is 0.455. The molecule has 2 rings (SSSR count). The van der Waals surface area contributed by atoms with Crippen molar-refractivity contribution in [2.24, 2.45) is 0 Å². The monoisotopic (exact) mass is 266 g/mol. The van der Waals surface area contributed by atoms with Crippen LogP contribution in [-0.2, 0) is 4.74 Å². The van der Waals surface area contributed by atoms with Crippen LogP contribution in [0, 0.1) is 0 Å². The zero-order valence-corrected chi connectivity index (χ0v) is 10.9. The third kappa shape index (κ3) is 2.56. The van der Waals surface area contributed by atoms with E-state index < -0.39 is 5.97 Å². The topological polar surface area (TPSA) is 99.2 Å². The Balaban J connectivity index is 2.57. The number of nitrogens with one attached hydrogen (secondary N) is 1. The molecular weight excluding hydrogens is 252 g/mol. The molecule has 102 valence electrons. The minimum Gasteiger partial charge on any atom is -0.465 e. The van der Waals surface area contributed by atoms with Crippen molar-refractivity contribution in [2.75, 3.05) is 20.3 Å². The van der Waals surface area contributed by atoms with E-state index in [1.54, 1.807) is 6.92 Å². The summed E-state index contributed by atoms with van der Waals surface area (Å²) in [6.45, 7) is 4.45. The molecule has 2 aromatic rings. The fourth-order valence-corrected chi connectivity index (χ4v) is 1.50. The smallest absolute Gasteiger partial charge is 0.359 e. The van der Waals surface area contributed by atoms with E-state index >= 15 is 0 Å².